The summed E-state index contributed by atoms with van der Waals surface area (Å²) in [5.41, 5.74) is 0.804. The van der Waals surface area contributed by atoms with Gasteiger partial charge in [-0.05, 0) is 29.7 Å². The molecule has 1 saturated heterocycles. The molecule has 3 rings (SSSR count). The fraction of sp³-hybridized carbons (Fsp3) is 0.455. The summed E-state index contributed by atoms with van der Waals surface area (Å²) in [5.74, 6) is 0.899. The van der Waals surface area contributed by atoms with Crippen LogP contribution in [0, 0.1) is 0 Å². The molecular formula is C22H29ClN4O4S2. The number of rotatable bonds is 6. The van der Waals surface area contributed by atoms with Crippen LogP contribution in [0.15, 0.2) is 24.3 Å². The number of carbonyl (C=O) groups excluding carboxylic acids is 2. The van der Waals surface area contributed by atoms with Gasteiger partial charge in [0.05, 0.1) is 41.0 Å². The Morgan fingerprint density at radius 2 is 2.00 bits per heavy atom. The second kappa shape index (κ2) is 11.0. The van der Waals surface area contributed by atoms with Gasteiger partial charge < -0.3 is 10.1 Å². The lowest BCUT2D eigenvalue weighted by Gasteiger charge is -2.18. The zero-order valence-electron chi connectivity index (χ0n) is 19.1. The smallest absolute Gasteiger partial charge is 0.324 e. The van der Waals surface area contributed by atoms with Gasteiger partial charge in [-0.1, -0.05) is 32.4 Å². The molecule has 0 radical (unpaired) electrons. The Balaban J connectivity index is 1.76. The summed E-state index contributed by atoms with van der Waals surface area (Å²) in [7, 11) is 0.454. The first-order valence-electron chi connectivity index (χ1n) is 10.5. The molecule has 11 heteroatoms. The third-order valence-electron chi connectivity index (χ3n) is 5.06. The van der Waals surface area contributed by atoms with E-state index in [-0.39, 0.29) is 17.7 Å². The quantitative estimate of drug-likeness (QED) is 0.506. The number of carbonyl (C=O) groups is 2. The molecule has 180 valence electrons. The van der Waals surface area contributed by atoms with E-state index in [9.17, 15) is 13.8 Å². The number of benzene rings is 1. The number of thiophene rings is 1. The molecule has 33 heavy (non-hydrogen) atoms. The Kier molecular flexibility index (Phi) is 8.52. The highest BCUT2D eigenvalue weighted by atomic mass is 35.5. The standard InChI is InChI=1S/C22H29ClN4O4S2/c1-22(2,3)19-12-15(17(28)13-27-8-7-24-33(30)10-9-27)20(32-19)26-21(29)25-14-5-6-18(31-4)16(23)11-14/h5-6,11-12,24H,7-10,13H2,1-4H3,(H2,25,26,29). The molecule has 0 spiro atoms. The van der Waals surface area contributed by atoms with Gasteiger partial charge in [0, 0.05) is 30.2 Å². The molecule has 1 aliphatic heterocycles. The Labute approximate surface area is 205 Å². The fourth-order valence-electron chi connectivity index (χ4n) is 3.23. The predicted octanol–water partition coefficient (Wildman–Crippen LogP) is 4.10. The highest BCUT2D eigenvalue weighted by Crippen LogP contribution is 2.36. The van der Waals surface area contributed by atoms with E-state index in [1.165, 1.54) is 18.4 Å². The summed E-state index contributed by atoms with van der Waals surface area (Å²) in [6.07, 6.45) is 0. The van der Waals surface area contributed by atoms with Crippen molar-refractivity contribution in [2.75, 3.05) is 49.7 Å². The van der Waals surface area contributed by atoms with Crippen LogP contribution in [0.1, 0.15) is 36.0 Å². The number of nitrogens with zero attached hydrogens (tertiary/aromatic N) is 1. The molecule has 2 amide bonds. The SMILES string of the molecule is COc1ccc(NC(=O)Nc2sc(C(C)(C)C)cc2C(=O)CN2CCNS(=O)CC2)cc1Cl. The summed E-state index contributed by atoms with van der Waals surface area (Å²) in [5, 5.41) is 6.45. The van der Waals surface area contributed by atoms with Gasteiger partial charge in [0.15, 0.2) is 5.78 Å². The maximum absolute atomic E-state index is 13.2. The Morgan fingerprint density at radius 1 is 1.24 bits per heavy atom. The van der Waals surface area contributed by atoms with E-state index in [2.05, 4.69) is 36.1 Å². The number of hydrogen-bond donors (Lipinski definition) is 3. The molecule has 1 atom stereocenters. The molecule has 1 aromatic carbocycles. The van der Waals surface area contributed by atoms with Gasteiger partial charge in [0.2, 0.25) is 0 Å². The summed E-state index contributed by atoms with van der Waals surface area (Å²) in [6.45, 7) is 8.15. The fourth-order valence-corrected chi connectivity index (χ4v) is 5.50. The second-order valence-electron chi connectivity index (χ2n) is 8.68. The van der Waals surface area contributed by atoms with Crippen molar-refractivity contribution in [2.45, 2.75) is 26.2 Å². The average molecular weight is 513 g/mol. The minimum absolute atomic E-state index is 0.0859. The molecule has 1 unspecified atom stereocenters. The first kappa shape index (κ1) is 25.6. The number of ether oxygens (including phenoxy) is 1. The van der Waals surface area contributed by atoms with Crippen molar-refractivity contribution < 1.29 is 18.5 Å². The first-order chi connectivity index (χ1) is 15.6. The Morgan fingerprint density at radius 3 is 2.67 bits per heavy atom. The van der Waals surface area contributed by atoms with E-state index in [4.69, 9.17) is 16.3 Å². The van der Waals surface area contributed by atoms with Gasteiger partial charge in [-0.2, -0.15) is 0 Å². The van der Waals surface area contributed by atoms with E-state index in [1.54, 1.807) is 18.2 Å². The Bertz CT molecular complexity index is 1050. The number of methoxy groups -OCH3 is 1. The van der Waals surface area contributed by atoms with Crippen LogP contribution in [0.5, 0.6) is 5.75 Å². The lowest BCUT2D eigenvalue weighted by Crippen LogP contribution is -2.34. The van der Waals surface area contributed by atoms with Gasteiger partial charge in [-0.3, -0.25) is 15.0 Å². The van der Waals surface area contributed by atoms with Crippen molar-refractivity contribution >= 4 is 56.4 Å². The van der Waals surface area contributed by atoms with Crippen LogP contribution >= 0.6 is 22.9 Å². The average Bonchev–Trinajstić information content (AvgIpc) is 3.05. The third kappa shape index (κ3) is 7.00. The number of Topliss-reactive ketones (excluding diaryl/α,β-unsaturated/α-hetero) is 1. The number of urea groups is 1. The van der Waals surface area contributed by atoms with Crippen molar-refractivity contribution in [3.63, 3.8) is 0 Å². The minimum Gasteiger partial charge on any atom is -0.495 e. The summed E-state index contributed by atoms with van der Waals surface area (Å²) in [6, 6.07) is 6.34. The van der Waals surface area contributed by atoms with Crippen LogP contribution in [-0.4, -0.2) is 60.0 Å². The lowest BCUT2D eigenvalue weighted by atomic mass is 9.94. The molecule has 1 fully saturated rings. The molecular weight excluding hydrogens is 484 g/mol. The largest absolute Gasteiger partial charge is 0.495 e. The number of hydrogen-bond acceptors (Lipinski definition) is 6. The normalized spacial score (nSPS) is 17.3. The van der Waals surface area contributed by atoms with Crippen LogP contribution in [-0.2, 0) is 16.4 Å². The molecule has 0 bridgehead atoms. The van der Waals surface area contributed by atoms with Gasteiger partial charge in [0.25, 0.3) is 0 Å². The zero-order valence-corrected chi connectivity index (χ0v) is 21.5. The first-order valence-corrected chi connectivity index (χ1v) is 13.0. The van der Waals surface area contributed by atoms with E-state index in [0.717, 1.165) is 4.88 Å². The lowest BCUT2D eigenvalue weighted by molar-refractivity contribution is 0.0938. The third-order valence-corrected chi connectivity index (χ3v) is 7.91. The van der Waals surface area contributed by atoms with Crippen molar-refractivity contribution in [2.24, 2.45) is 0 Å². The van der Waals surface area contributed by atoms with Gasteiger partial charge in [0.1, 0.15) is 10.8 Å². The highest BCUT2D eigenvalue weighted by molar-refractivity contribution is 7.83. The number of amides is 2. The minimum atomic E-state index is -1.06. The number of nitrogens with one attached hydrogen (secondary N) is 3. The van der Waals surface area contributed by atoms with E-state index in [1.807, 2.05) is 11.0 Å². The van der Waals surface area contributed by atoms with Crippen LogP contribution in [0.2, 0.25) is 5.02 Å². The molecule has 2 heterocycles. The highest BCUT2D eigenvalue weighted by Gasteiger charge is 2.25. The monoisotopic (exact) mass is 512 g/mol. The summed E-state index contributed by atoms with van der Waals surface area (Å²) < 4.78 is 19.8. The second-order valence-corrected chi connectivity index (χ2v) is 11.5. The maximum Gasteiger partial charge on any atom is 0.324 e. The predicted molar refractivity (Wildman–Crippen MR) is 135 cm³/mol. The van der Waals surface area contributed by atoms with E-state index >= 15 is 0 Å². The topological polar surface area (TPSA) is 99.8 Å². The maximum atomic E-state index is 13.2. The number of halogens is 1. The molecule has 0 aliphatic carbocycles. The van der Waals surface area contributed by atoms with Gasteiger partial charge in [-0.15, -0.1) is 11.3 Å². The molecule has 8 nitrogen and oxygen atoms in total. The van der Waals surface area contributed by atoms with Crippen molar-refractivity contribution in [3.8, 4) is 5.75 Å². The van der Waals surface area contributed by atoms with Crippen LogP contribution in [0.4, 0.5) is 15.5 Å². The molecule has 1 aromatic heterocycles. The Hall–Kier alpha value is -1.98. The molecule has 2 aromatic rings. The van der Waals surface area contributed by atoms with Crippen molar-refractivity contribution in [1.29, 1.82) is 0 Å². The van der Waals surface area contributed by atoms with Crippen molar-refractivity contribution in [3.05, 3.63) is 39.7 Å². The van der Waals surface area contributed by atoms with Crippen LogP contribution in [0.3, 0.4) is 0 Å². The van der Waals surface area contributed by atoms with Crippen molar-refractivity contribution in [1.82, 2.24) is 9.62 Å². The number of ketones is 1. The zero-order chi connectivity index (χ0) is 24.2. The van der Waals surface area contributed by atoms with E-state index < -0.39 is 17.0 Å². The summed E-state index contributed by atoms with van der Waals surface area (Å²) >= 11 is 7.53. The summed E-state index contributed by atoms with van der Waals surface area (Å²) in [4.78, 5) is 28.9. The molecule has 1 aliphatic rings. The molecule has 3 N–H and O–H groups in total. The van der Waals surface area contributed by atoms with E-state index in [0.29, 0.717) is 52.4 Å². The van der Waals surface area contributed by atoms with Crippen LogP contribution in [0.25, 0.3) is 0 Å². The number of anilines is 2. The van der Waals surface area contributed by atoms with Gasteiger partial charge >= 0.3 is 6.03 Å². The van der Waals surface area contributed by atoms with Gasteiger partial charge in [-0.25, -0.2) is 13.7 Å². The molecule has 0 saturated carbocycles. The van der Waals surface area contributed by atoms with Crippen LogP contribution < -0.4 is 20.1 Å².